The smallest absolute Gasteiger partial charge is 0.217 e. The molecule has 1 spiro atoms. The molecule has 2 aliphatic carbocycles. The number of nitrogens with one attached hydrogen (secondary N) is 1. The van der Waals surface area contributed by atoms with Gasteiger partial charge in [0.2, 0.25) is 5.91 Å². The van der Waals surface area contributed by atoms with E-state index >= 15 is 0 Å². The van der Waals surface area contributed by atoms with E-state index in [-0.39, 0.29) is 29.9 Å². The fourth-order valence-electron chi connectivity index (χ4n) is 3.80. The molecular formula is C14H23NO3S. The van der Waals surface area contributed by atoms with Crippen molar-refractivity contribution in [2.75, 3.05) is 6.26 Å². The number of thioether (sulfide) groups is 1. The maximum absolute atomic E-state index is 11.3. The van der Waals surface area contributed by atoms with Crippen LogP contribution in [0.25, 0.3) is 0 Å². The molecule has 4 nitrogen and oxygen atoms in total. The molecule has 5 heteroatoms. The lowest BCUT2D eigenvalue weighted by atomic mass is 9.94. The van der Waals surface area contributed by atoms with Gasteiger partial charge in [0.1, 0.15) is 6.10 Å². The van der Waals surface area contributed by atoms with Crippen LogP contribution >= 0.6 is 11.8 Å². The Kier molecular flexibility index (Phi) is 3.80. The van der Waals surface area contributed by atoms with E-state index in [0.717, 1.165) is 19.3 Å². The molecule has 3 aliphatic rings. The Morgan fingerprint density at radius 1 is 1.26 bits per heavy atom. The standard InChI is InChI=1S/C14H23NO3S/c1-9(16)15-10-8-11-12(13(10)19-2)18-14(17-11)6-4-3-5-7-14/h10-13H,3-8H2,1-2H3,(H,15,16)/t10-,11+,12+,13+/m0/s1. The minimum absolute atomic E-state index is 0.0383. The summed E-state index contributed by atoms with van der Waals surface area (Å²) in [4.78, 5) is 11.3. The van der Waals surface area contributed by atoms with Crippen LogP contribution in [0.2, 0.25) is 0 Å². The largest absolute Gasteiger partial charge is 0.352 e. The van der Waals surface area contributed by atoms with Crippen molar-refractivity contribution in [2.45, 2.75) is 74.7 Å². The van der Waals surface area contributed by atoms with Crippen LogP contribution in [0.5, 0.6) is 0 Å². The van der Waals surface area contributed by atoms with Crippen LogP contribution in [0.1, 0.15) is 45.4 Å². The average Bonchev–Trinajstić information content (AvgIpc) is 2.82. The molecule has 0 unspecified atom stereocenters. The first-order chi connectivity index (χ1) is 9.13. The minimum Gasteiger partial charge on any atom is -0.352 e. The number of hydrogen-bond acceptors (Lipinski definition) is 4. The lowest BCUT2D eigenvalue weighted by Crippen LogP contribution is -2.43. The van der Waals surface area contributed by atoms with Crippen LogP contribution in [0.15, 0.2) is 0 Å². The average molecular weight is 285 g/mol. The van der Waals surface area contributed by atoms with Crippen molar-refractivity contribution in [1.29, 1.82) is 0 Å². The van der Waals surface area contributed by atoms with Gasteiger partial charge in [-0.1, -0.05) is 6.42 Å². The van der Waals surface area contributed by atoms with E-state index in [4.69, 9.17) is 9.47 Å². The highest BCUT2D eigenvalue weighted by Crippen LogP contribution is 2.47. The Bertz CT molecular complexity index is 357. The maximum Gasteiger partial charge on any atom is 0.217 e. The molecule has 1 aliphatic heterocycles. The molecule has 3 rings (SSSR count). The van der Waals surface area contributed by atoms with Crippen molar-refractivity contribution in [3.8, 4) is 0 Å². The fourth-order valence-corrected chi connectivity index (χ4v) is 4.80. The highest BCUT2D eigenvalue weighted by Gasteiger charge is 2.56. The van der Waals surface area contributed by atoms with Crippen LogP contribution in [0.3, 0.4) is 0 Å². The zero-order valence-corrected chi connectivity index (χ0v) is 12.5. The number of carbonyl (C=O) groups is 1. The van der Waals surface area contributed by atoms with Crippen molar-refractivity contribution in [3.63, 3.8) is 0 Å². The monoisotopic (exact) mass is 285 g/mol. The molecule has 4 atom stereocenters. The summed E-state index contributed by atoms with van der Waals surface area (Å²) in [7, 11) is 0. The summed E-state index contributed by atoms with van der Waals surface area (Å²) < 4.78 is 12.6. The van der Waals surface area contributed by atoms with Crippen molar-refractivity contribution in [1.82, 2.24) is 5.32 Å². The normalized spacial score (nSPS) is 40.3. The molecule has 0 radical (unpaired) electrons. The van der Waals surface area contributed by atoms with Gasteiger partial charge in [-0.2, -0.15) is 11.8 Å². The van der Waals surface area contributed by atoms with Crippen LogP contribution in [-0.4, -0.2) is 41.4 Å². The molecular weight excluding hydrogens is 262 g/mol. The van der Waals surface area contributed by atoms with Gasteiger partial charge in [0.25, 0.3) is 0 Å². The topological polar surface area (TPSA) is 47.6 Å². The molecule has 1 N–H and O–H groups in total. The Morgan fingerprint density at radius 2 is 2.00 bits per heavy atom. The number of rotatable bonds is 2. The van der Waals surface area contributed by atoms with E-state index in [2.05, 4.69) is 11.6 Å². The van der Waals surface area contributed by atoms with Crippen molar-refractivity contribution in [3.05, 3.63) is 0 Å². The van der Waals surface area contributed by atoms with Gasteiger partial charge < -0.3 is 14.8 Å². The predicted molar refractivity (Wildman–Crippen MR) is 75.1 cm³/mol. The van der Waals surface area contributed by atoms with E-state index in [1.807, 2.05) is 0 Å². The lowest BCUT2D eigenvalue weighted by Gasteiger charge is -2.34. The first kappa shape index (κ1) is 13.7. The molecule has 2 saturated carbocycles. The molecule has 0 aromatic heterocycles. The van der Waals surface area contributed by atoms with Gasteiger partial charge in [-0.25, -0.2) is 0 Å². The molecule has 1 heterocycles. The molecule has 0 aromatic carbocycles. The van der Waals surface area contributed by atoms with Crippen LogP contribution < -0.4 is 5.32 Å². The molecule has 19 heavy (non-hydrogen) atoms. The first-order valence-electron chi connectivity index (χ1n) is 7.29. The Hall–Kier alpha value is -0.260. The van der Waals surface area contributed by atoms with E-state index in [1.165, 1.54) is 19.3 Å². The second-order valence-electron chi connectivity index (χ2n) is 5.95. The molecule has 3 fully saturated rings. The van der Waals surface area contributed by atoms with E-state index < -0.39 is 0 Å². The van der Waals surface area contributed by atoms with Gasteiger partial charge in [-0.05, 0) is 25.5 Å². The van der Waals surface area contributed by atoms with Crippen LogP contribution in [-0.2, 0) is 14.3 Å². The van der Waals surface area contributed by atoms with E-state index in [0.29, 0.717) is 5.25 Å². The van der Waals surface area contributed by atoms with Crippen molar-refractivity contribution in [2.24, 2.45) is 0 Å². The highest BCUT2D eigenvalue weighted by molar-refractivity contribution is 7.99. The zero-order chi connectivity index (χ0) is 13.5. The predicted octanol–water partition coefficient (Wildman–Crippen LogP) is 2.07. The fraction of sp³-hybridized carbons (Fsp3) is 0.929. The molecule has 108 valence electrons. The van der Waals surface area contributed by atoms with Gasteiger partial charge >= 0.3 is 0 Å². The summed E-state index contributed by atoms with van der Waals surface area (Å²) >= 11 is 1.79. The summed E-state index contributed by atoms with van der Waals surface area (Å²) in [6, 6.07) is 0.184. The molecule has 0 aromatic rings. The van der Waals surface area contributed by atoms with Gasteiger partial charge in [0.05, 0.1) is 11.4 Å². The quantitative estimate of drug-likeness (QED) is 0.844. The van der Waals surface area contributed by atoms with Crippen LogP contribution in [0.4, 0.5) is 0 Å². The van der Waals surface area contributed by atoms with Gasteiger partial charge in [-0.3, -0.25) is 4.79 Å². The molecule has 1 amide bonds. The third kappa shape index (κ3) is 2.52. The van der Waals surface area contributed by atoms with Crippen molar-refractivity contribution >= 4 is 17.7 Å². The number of hydrogen-bond donors (Lipinski definition) is 1. The third-order valence-electron chi connectivity index (χ3n) is 4.57. The van der Waals surface area contributed by atoms with Crippen LogP contribution in [0, 0.1) is 0 Å². The summed E-state index contributed by atoms with van der Waals surface area (Å²) in [5, 5.41) is 3.36. The number of fused-ring (bicyclic) bond motifs is 1. The molecule has 0 bridgehead atoms. The second-order valence-corrected chi connectivity index (χ2v) is 6.97. The summed E-state index contributed by atoms with van der Waals surface area (Å²) in [6.07, 6.45) is 9.06. The number of amides is 1. The highest BCUT2D eigenvalue weighted by atomic mass is 32.2. The van der Waals surface area contributed by atoms with Gasteiger partial charge in [0, 0.05) is 25.8 Å². The first-order valence-corrected chi connectivity index (χ1v) is 8.58. The summed E-state index contributed by atoms with van der Waals surface area (Å²) in [5.41, 5.74) is 0. The Morgan fingerprint density at radius 3 is 2.63 bits per heavy atom. The summed E-state index contributed by atoms with van der Waals surface area (Å²) in [5.74, 6) is -0.264. The molecule has 1 saturated heterocycles. The minimum atomic E-state index is -0.303. The van der Waals surface area contributed by atoms with E-state index in [9.17, 15) is 4.79 Å². The maximum atomic E-state index is 11.3. The lowest BCUT2D eigenvalue weighted by molar-refractivity contribution is -0.198. The SMILES string of the molecule is CS[C@H]1[C@@H]2OC3(CCCCC3)O[C@@H]2C[C@@H]1NC(C)=O. The third-order valence-corrected chi connectivity index (χ3v) is 5.71. The van der Waals surface area contributed by atoms with Crippen molar-refractivity contribution < 1.29 is 14.3 Å². The summed E-state index contributed by atoms with van der Waals surface area (Å²) in [6.45, 7) is 1.58. The Balaban J connectivity index is 1.69. The second kappa shape index (κ2) is 5.26. The van der Waals surface area contributed by atoms with Gasteiger partial charge in [-0.15, -0.1) is 0 Å². The number of carbonyl (C=O) groups excluding carboxylic acids is 1. The van der Waals surface area contributed by atoms with Gasteiger partial charge in [0.15, 0.2) is 5.79 Å². The number of ether oxygens (including phenoxy) is 2. The Labute approximate surface area is 119 Å². The zero-order valence-electron chi connectivity index (χ0n) is 11.7. The van der Waals surface area contributed by atoms with E-state index in [1.54, 1.807) is 18.7 Å².